The molecule has 0 aromatic rings. The molecular weight excluding hydrogens is 418 g/mol. The number of ether oxygens (including phenoxy) is 1. The summed E-state index contributed by atoms with van der Waals surface area (Å²) in [6, 6.07) is 0. The van der Waals surface area contributed by atoms with Gasteiger partial charge in [-0.3, -0.25) is 4.79 Å². The normalized spacial score (nSPS) is 13.6. The van der Waals surface area contributed by atoms with Crippen molar-refractivity contribution in [2.24, 2.45) is 5.41 Å². The molecule has 0 N–H and O–H groups in total. The summed E-state index contributed by atoms with van der Waals surface area (Å²) in [6.07, 6.45) is 7.05. The van der Waals surface area contributed by atoms with E-state index in [1.807, 2.05) is 0 Å². The first kappa shape index (κ1) is 34.5. The van der Waals surface area contributed by atoms with Crippen LogP contribution in [0.4, 0.5) is 0 Å². The van der Waals surface area contributed by atoms with E-state index < -0.39 is 38.6 Å². The molecule has 0 aliphatic heterocycles. The van der Waals surface area contributed by atoms with Crippen molar-refractivity contribution in [1.82, 2.24) is 0 Å². The van der Waals surface area contributed by atoms with Crippen LogP contribution in [0.15, 0.2) is 0 Å². The van der Waals surface area contributed by atoms with Gasteiger partial charge in [-0.1, -0.05) is 72.6 Å². The fraction of sp³-hybridized carbons (Fsp3) is 0.895. The number of esters is 1. The molecule has 0 aromatic carbocycles. The van der Waals surface area contributed by atoms with Crippen LogP contribution in [-0.4, -0.2) is 36.3 Å². The summed E-state index contributed by atoms with van der Waals surface area (Å²) in [4.78, 5) is 23.7. The number of unbranched alkanes of at least 4 members (excludes halogenated alkanes) is 7. The zero-order valence-electron chi connectivity index (χ0n) is 19.0. The predicted molar refractivity (Wildman–Crippen MR) is 99.7 cm³/mol. The number of hydrogen-bond acceptors (Lipinski definition) is 7. The molecule has 10 heteroatoms. The minimum Gasteiger partial charge on any atom is -0.747 e. The Labute approximate surface area is 220 Å². The minimum absolute atomic E-state index is 0. The van der Waals surface area contributed by atoms with E-state index in [2.05, 4.69) is 6.92 Å². The number of carboxylic acid groups (broad SMARTS) is 1. The Hall–Kier alpha value is 0.850. The first-order valence-electron chi connectivity index (χ1n) is 9.78. The van der Waals surface area contributed by atoms with Crippen molar-refractivity contribution < 1.29 is 91.5 Å². The van der Waals surface area contributed by atoms with Crippen LogP contribution in [0.3, 0.4) is 0 Å². The first-order chi connectivity index (χ1) is 12.5. The van der Waals surface area contributed by atoms with Crippen molar-refractivity contribution in [2.75, 3.05) is 6.61 Å². The fourth-order valence-electron chi connectivity index (χ4n) is 3.12. The molecule has 1 atom stereocenters. The molecule has 160 valence electrons. The summed E-state index contributed by atoms with van der Waals surface area (Å²) >= 11 is 0. The predicted octanol–water partition coefficient (Wildman–Crippen LogP) is -3.46. The van der Waals surface area contributed by atoms with E-state index in [0.29, 0.717) is 6.42 Å². The molecule has 0 saturated heterocycles. The third-order valence-corrected chi connectivity index (χ3v) is 7.08. The Morgan fingerprint density at radius 3 is 1.72 bits per heavy atom. The van der Waals surface area contributed by atoms with Gasteiger partial charge in [0, 0.05) is 12.4 Å². The summed E-state index contributed by atoms with van der Waals surface area (Å²) in [7, 11) is -5.30. The van der Waals surface area contributed by atoms with Crippen LogP contribution < -0.4 is 64.2 Å². The van der Waals surface area contributed by atoms with E-state index in [1.165, 1.54) is 33.1 Å². The molecule has 0 aliphatic rings. The van der Waals surface area contributed by atoms with Crippen LogP contribution >= 0.6 is 0 Å². The van der Waals surface area contributed by atoms with Gasteiger partial charge in [0.2, 0.25) is 0 Å². The topological polar surface area (TPSA) is 124 Å². The molecule has 0 rings (SSSR count). The second kappa shape index (κ2) is 16.5. The monoisotopic (exact) mass is 452 g/mol. The maximum atomic E-state index is 12.6. The maximum absolute atomic E-state index is 12.6. The van der Waals surface area contributed by atoms with Gasteiger partial charge in [-0.15, -0.1) is 0 Å². The molecule has 0 heterocycles. The molecule has 0 spiro atoms. The zero-order valence-corrected chi connectivity index (χ0v) is 23.9. The molecule has 1 unspecified atom stereocenters. The van der Waals surface area contributed by atoms with E-state index in [0.717, 1.165) is 25.7 Å². The molecule has 0 radical (unpaired) electrons. The van der Waals surface area contributed by atoms with Crippen LogP contribution in [0.25, 0.3) is 0 Å². The van der Waals surface area contributed by atoms with Crippen LogP contribution in [0.2, 0.25) is 0 Å². The molecule has 0 aromatic heterocycles. The van der Waals surface area contributed by atoms with Crippen molar-refractivity contribution in [3.8, 4) is 0 Å². The largest absolute Gasteiger partial charge is 1.00 e. The third-order valence-electron chi connectivity index (χ3n) is 5.36. The zero-order chi connectivity index (χ0) is 21.1. The molecule has 0 fully saturated rings. The van der Waals surface area contributed by atoms with Crippen molar-refractivity contribution in [3.63, 3.8) is 0 Å². The van der Waals surface area contributed by atoms with Crippen molar-refractivity contribution >= 4 is 22.1 Å². The van der Waals surface area contributed by atoms with Crippen LogP contribution in [0.1, 0.15) is 91.9 Å². The SMILES string of the molecule is CCCCCCCCCCOC(=O)C(CC(=O)[O-])(C(C)(C)CC)S(=O)(=O)[O-].[Na+].[Na+]. The molecule has 0 amide bonds. The van der Waals surface area contributed by atoms with Gasteiger partial charge in [-0.25, -0.2) is 8.42 Å². The Balaban J connectivity index is -0.00000338. The van der Waals surface area contributed by atoms with Gasteiger partial charge >= 0.3 is 65.1 Å². The van der Waals surface area contributed by atoms with E-state index in [4.69, 9.17) is 4.74 Å². The van der Waals surface area contributed by atoms with Crippen molar-refractivity contribution in [3.05, 3.63) is 0 Å². The summed E-state index contributed by atoms with van der Waals surface area (Å²) in [5.74, 6) is -3.07. The second-order valence-electron chi connectivity index (χ2n) is 7.68. The van der Waals surface area contributed by atoms with Crippen molar-refractivity contribution in [1.29, 1.82) is 0 Å². The van der Waals surface area contributed by atoms with E-state index in [1.54, 1.807) is 6.92 Å². The number of carbonyl (C=O) groups is 2. The Bertz CT molecular complexity index is 579. The van der Waals surface area contributed by atoms with Gasteiger partial charge in [-0.2, -0.15) is 0 Å². The summed E-state index contributed by atoms with van der Waals surface area (Å²) in [5.41, 5.74) is -1.41. The number of aliphatic carboxylic acids is 1. The number of hydrogen-bond donors (Lipinski definition) is 0. The standard InChI is InChI=1S/C19H36O7S.2Na/c1-5-7-8-9-10-11-12-13-14-26-17(22)19(15-16(20)21,27(23,24)25)18(3,4)6-2;;/h5-15H2,1-4H3,(H,20,21)(H,23,24,25);;/q;2*+1/p-2. The number of rotatable bonds is 15. The molecule has 0 aliphatic carbocycles. The van der Waals surface area contributed by atoms with Crippen LogP contribution in [0, 0.1) is 5.41 Å². The molecule has 7 nitrogen and oxygen atoms in total. The van der Waals surface area contributed by atoms with Crippen molar-refractivity contribution in [2.45, 2.75) is 96.7 Å². The number of carboxylic acids is 1. The Kier molecular flexibility index (Phi) is 19.6. The Morgan fingerprint density at radius 2 is 1.34 bits per heavy atom. The van der Waals surface area contributed by atoms with Crippen LogP contribution in [0.5, 0.6) is 0 Å². The van der Waals surface area contributed by atoms with E-state index in [-0.39, 0.29) is 72.1 Å². The molecular formula is C19H34Na2O7S. The molecule has 0 bridgehead atoms. The average Bonchev–Trinajstić information content (AvgIpc) is 2.56. The van der Waals surface area contributed by atoms with Gasteiger partial charge < -0.3 is 19.2 Å². The first-order valence-corrected chi connectivity index (χ1v) is 11.2. The van der Waals surface area contributed by atoms with E-state index >= 15 is 0 Å². The second-order valence-corrected chi connectivity index (χ2v) is 9.28. The summed E-state index contributed by atoms with van der Waals surface area (Å²) in [5, 5.41) is 11.1. The average molecular weight is 453 g/mol. The molecule has 0 saturated carbocycles. The number of carbonyl (C=O) groups excluding carboxylic acids is 2. The maximum Gasteiger partial charge on any atom is 1.00 e. The summed E-state index contributed by atoms with van der Waals surface area (Å²) < 4.78 is 38.2. The quantitative estimate of drug-likeness (QED) is 0.109. The summed E-state index contributed by atoms with van der Waals surface area (Å²) in [6.45, 7) is 6.45. The molecule has 29 heavy (non-hydrogen) atoms. The minimum atomic E-state index is -5.30. The van der Waals surface area contributed by atoms with E-state index in [9.17, 15) is 27.7 Å². The fourth-order valence-corrected chi connectivity index (χ4v) is 4.50. The van der Waals surface area contributed by atoms with Gasteiger partial charge in [0.15, 0.2) is 4.75 Å². The van der Waals surface area contributed by atoms with Gasteiger partial charge in [0.1, 0.15) is 10.1 Å². The van der Waals surface area contributed by atoms with Gasteiger partial charge in [0.05, 0.1) is 6.61 Å². The van der Waals surface area contributed by atoms with Crippen LogP contribution in [-0.2, 0) is 24.4 Å². The smallest absolute Gasteiger partial charge is 0.747 e. The van der Waals surface area contributed by atoms with Gasteiger partial charge in [-0.05, 0) is 18.3 Å². The third kappa shape index (κ3) is 10.8. The van der Waals surface area contributed by atoms with Gasteiger partial charge in [0.25, 0.3) is 0 Å². The Morgan fingerprint density at radius 1 is 0.897 bits per heavy atom.